The Morgan fingerprint density at radius 2 is 2.18 bits per heavy atom. The maximum atomic E-state index is 13.3. The fourth-order valence-corrected chi connectivity index (χ4v) is 2.04. The number of halogens is 2. The molecule has 1 aromatic heterocycles. The number of hydrogen-bond acceptors (Lipinski definition) is 2. The first-order chi connectivity index (χ1) is 7.97. The zero-order chi connectivity index (χ0) is 12.6. The molecule has 1 aromatic carbocycles. The first kappa shape index (κ1) is 11.8. The number of carboxylic acids is 1. The van der Waals surface area contributed by atoms with Crippen LogP contribution in [0.25, 0.3) is 10.9 Å². The highest BCUT2D eigenvalue weighted by molar-refractivity contribution is 6.35. The normalized spacial score (nSPS) is 10.8. The van der Waals surface area contributed by atoms with Crippen LogP contribution in [0.3, 0.4) is 0 Å². The Morgan fingerprint density at radius 3 is 2.82 bits per heavy atom. The average molecular weight is 254 g/mol. The molecule has 2 aromatic rings. The molecule has 88 valence electrons. The van der Waals surface area contributed by atoms with Gasteiger partial charge in [-0.2, -0.15) is 0 Å². The van der Waals surface area contributed by atoms with Crippen molar-refractivity contribution in [2.45, 2.75) is 13.3 Å². The van der Waals surface area contributed by atoms with E-state index in [2.05, 4.69) is 4.98 Å². The van der Waals surface area contributed by atoms with Gasteiger partial charge in [0.25, 0.3) is 0 Å². The highest BCUT2D eigenvalue weighted by atomic mass is 35.5. The summed E-state index contributed by atoms with van der Waals surface area (Å²) in [5.41, 5.74) is 1.44. The van der Waals surface area contributed by atoms with Gasteiger partial charge in [-0.05, 0) is 30.7 Å². The number of hydrogen-bond donors (Lipinski definition) is 1. The van der Waals surface area contributed by atoms with Gasteiger partial charge in [-0.1, -0.05) is 11.6 Å². The number of rotatable bonds is 2. The number of fused-ring (bicyclic) bond motifs is 1. The Bertz CT molecular complexity index is 613. The minimum Gasteiger partial charge on any atom is -0.481 e. The highest BCUT2D eigenvalue weighted by Gasteiger charge is 2.12. The van der Waals surface area contributed by atoms with Gasteiger partial charge in [0.15, 0.2) is 0 Å². The third-order valence-electron chi connectivity index (χ3n) is 2.38. The van der Waals surface area contributed by atoms with Crippen LogP contribution in [0.1, 0.15) is 11.3 Å². The van der Waals surface area contributed by atoms with Crippen molar-refractivity contribution in [2.75, 3.05) is 0 Å². The van der Waals surface area contributed by atoms with Gasteiger partial charge < -0.3 is 5.11 Å². The van der Waals surface area contributed by atoms with Gasteiger partial charge in [-0.25, -0.2) is 4.39 Å². The van der Waals surface area contributed by atoms with Crippen LogP contribution in [0, 0.1) is 12.7 Å². The average Bonchev–Trinajstić information content (AvgIpc) is 2.19. The van der Waals surface area contributed by atoms with Crippen LogP contribution in [0.4, 0.5) is 4.39 Å². The summed E-state index contributed by atoms with van der Waals surface area (Å²) in [6, 6.07) is 4.06. The zero-order valence-corrected chi connectivity index (χ0v) is 9.75. The van der Waals surface area contributed by atoms with Crippen LogP contribution >= 0.6 is 11.6 Å². The SMILES string of the molecule is Cc1cc(Cl)c2cc(F)cc(CC(=O)O)c2n1. The van der Waals surface area contributed by atoms with E-state index in [0.29, 0.717) is 27.2 Å². The molecule has 5 heteroatoms. The topological polar surface area (TPSA) is 50.2 Å². The zero-order valence-electron chi connectivity index (χ0n) is 9.00. The molecule has 3 nitrogen and oxygen atoms in total. The van der Waals surface area contributed by atoms with E-state index in [1.807, 2.05) is 0 Å². The number of carbonyl (C=O) groups is 1. The molecule has 0 fully saturated rings. The summed E-state index contributed by atoms with van der Waals surface area (Å²) in [7, 11) is 0. The number of pyridine rings is 1. The van der Waals surface area contributed by atoms with Crippen molar-refractivity contribution in [2.24, 2.45) is 0 Å². The van der Waals surface area contributed by atoms with Gasteiger partial charge in [0.1, 0.15) is 5.82 Å². The van der Waals surface area contributed by atoms with Gasteiger partial charge in [-0.3, -0.25) is 9.78 Å². The number of carboxylic acid groups (broad SMARTS) is 1. The van der Waals surface area contributed by atoms with Gasteiger partial charge in [-0.15, -0.1) is 0 Å². The first-order valence-electron chi connectivity index (χ1n) is 4.94. The van der Waals surface area contributed by atoms with E-state index in [1.54, 1.807) is 13.0 Å². The smallest absolute Gasteiger partial charge is 0.307 e. The monoisotopic (exact) mass is 253 g/mol. The number of aliphatic carboxylic acids is 1. The van der Waals surface area contributed by atoms with Crippen LogP contribution in [-0.2, 0) is 11.2 Å². The van der Waals surface area contributed by atoms with E-state index < -0.39 is 11.8 Å². The minimum absolute atomic E-state index is 0.277. The van der Waals surface area contributed by atoms with Crippen LogP contribution in [0.15, 0.2) is 18.2 Å². The molecule has 0 atom stereocenters. The predicted octanol–water partition coefficient (Wildman–Crippen LogP) is 2.96. The number of nitrogens with zero attached hydrogens (tertiary/aromatic N) is 1. The van der Waals surface area contributed by atoms with Gasteiger partial charge in [0.2, 0.25) is 0 Å². The summed E-state index contributed by atoms with van der Waals surface area (Å²) >= 11 is 5.99. The lowest BCUT2D eigenvalue weighted by molar-refractivity contribution is -0.136. The van der Waals surface area contributed by atoms with Crippen molar-refractivity contribution < 1.29 is 14.3 Å². The standard InChI is InChI=1S/C12H9ClFNO2/c1-6-2-10(13)9-5-8(14)3-7(4-11(16)17)12(9)15-6/h2-3,5H,4H2,1H3,(H,16,17). The molecule has 1 N–H and O–H groups in total. The van der Waals surface area contributed by atoms with E-state index in [0.717, 1.165) is 0 Å². The molecule has 0 saturated carbocycles. The molecule has 0 aliphatic heterocycles. The summed E-state index contributed by atoms with van der Waals surface area (Å²) < 4.78 is 13.3. The molecule has 0 bridgehead atoms. The Balaban J connectivity index is 2.77. The summed E-state index contributed by atoms with van der Waals surface area (Å²) in [5.74, 6) is -1.54. The summed E-state index contributed by atoms with van der Waals surface area (Å²) in [5, 5.41) is 9.58. The molecule has 0 unspecified atom stereocenters. The lowest BCUT2D eigenvalue weighted by Gasteiger charge is -2.07. The Labute approximate surface area is 102 Å². The molecular formula is C12H9ClFNO2. The quantitative estimate of drug-likeness (QED) is 0.895. The third-order valence-corrected chi connectivity index (χ3v) is 2.69. The summed E-state index contributed by atoms with van der Waals surface area (Å²) in [4.78, 5) is 14.9. The molecule has 0 radical (unpaired) electrons. The molecule has 0 spiro atoms. The fraction of sp³-hybridized carbons (Fsp3) is 0.167. The number of aryl methyl sites for hydroxylation is 1. The highest BCUT2D eigenvalue weighted by Crippen LogP contribution is 2.27. The van der Waals surface area contributed by atoms with Crippen LogP contribution in [0.2, 0.25) is 5.02 Å². The van der Waals surface area contributed by atoms with Crippen molar-refractivity contribution >= 4 is 28.5 Å². The van der Waals surface area contributed by atoms with Crippen molar-refractivity contribution in [1.82, 2.24) is 4.98 Å². The maximum absolute atomic E-state index is 13.3. The molecule has 17 heavy (non-hydrogen) atoms. The van der Waals surface area contributed by atoms with Gasteiger partial charge in [0.05, 0.1) is 17.0 Å². The molecular weight excluding hydrogens is 245 g/mol. The Kier molecular flexibility index (Phi) is 2.98. The van der Waals surface area contributed by atoms with Crippen LogP contribution in [0.5, 0.6) is 0 Å². The van der Waals surface area contributed by atoms with E-state index in [1.165, 1.54) is 12.1 Å². The van der Waals surface area contributed by atoms with E-state index in [-0.39, 0.29) is 6.42 Å². The van der Waals surface area contributed by atoms with E-state index >= 15 is 0 Å². The van der Waals surface area contributed by atoms with E-state index in [9.17, 15) is 9.18 Å². The second-order valence-corrected chi connectivity index (χ2v) is 4.18. The lowest BCUT2D eigenvalue weighted by Crippen LogP contribution is -2.03. The van der Waals surface area contributed by atoms with Crippen LogP contribution in [-0.4, -0.2) is 16.1 Å². The molecule has 0 saturated heterocycles. The Hall–Kier alpha value is -1.68. The third kappa shape index (κ3) is 2.36. The van der Waals surface area contributed by atoms with Crippen molar-refractivity contribution in [3.63, 3.8) is 0 Å². The molecule has 0 amide bonds. The van der Waals surface area contributed by atoms with Crippen molar-refractivity contribution in [3.8, 4) is 0 Å². The second-order valence-electron chi connectivity index (χ2n) is 3.78. The maximum Gasteiger partial charge on any atom is 0.307 e. The first-order valence-corrected chi connectivity index (χ1v) is 5.32. The van der Waals surface area contributed by atoms with E-state index in [4.69, 9.17) is 16.7 Å². The molecule has 1 heterocycles. The largest absolute Gasteiger partial charge is 0.481 e. The Morgan fingerprint density at radius 1 is 1.47 bits per heavy atom. The lowest BCUT2D eigenvalue weighted by atomic mass is 10.1. The van der Waals surface area contributed by atoms with Crippen molar-refractivity contribution in [1.29, 1.82) is 0 Å². The van der Waals surface area contributed by atoms with Crippen molar-refractivity contribution in [3.05, 3.63) is 40.3 Å². The summed E-state index contributed by atoms with van der Waals surface area (Å²) in [6.45, 7) is 1.75. The number of benzene rings is 1. The number of aromatic nitrogens is 1. The summed E-state index contributed by atoms with van der Waals surface area (Å²) in [6.07, 6.45) is -0.277. The fourth-order valence-electron chi connectivity index (χ4n) is 1.74. The minimum atomic E-state index is -1.03. The van der Waals surface area contributed by atoms with Gasteiger partial charge >= 0.3 is 5.97 Å². The molecule has 2 rings (SSSR count). The predicted molar refractivity (Wildman–Crippen MR) is 62.8 cm³/mol. The second kappa shape index (κ2) is 4.30. The molecule has 0 aliphatic carbocycles. The van der Waals surface area contributed by atoms with Crippen LogP contribution < -0.4 is 0 Å². The molecule has 0 aliphatic rings. The van der Waals surface area contributed by atoms with Gasteiger partial charge in [0, 0.05) is 11.1 Å².